The molecule has 106 valence electrons. The molecule has 1 fully saturated rings. The van der Waals surface area contributed by atoms with Gasteiger partial charge < -0.3 is 10.2 Å². The van der Waals surface area contributed by atoms with Crippen molar-refractivity contribution >= 4 is 23.2 Å². The Hall–Kier alpha value is -2.10. The zero-order valence-corrected chi connectivity index (χ0v) is 12.0. The topological polar surface area (TPSA) is 49.4 Å². The van der Waals surface area contributed by atoms with Gasteiger partial charge >= 0.3 is 0 Å². The number of anilines is 2. The molecule has 4 nitrogen and oxygen atoms in total. The third kappa shape index (κ3) is 2.90. The van der Waals surface area contributed by atoms with E-state index in [2.05, 4.69) is 11.9 Å². The molecule has 0 aliphatic carbocycles. The summed E-state index contributed by atoms with van der Waals surface area (Å²) in [4.78, 5) is 25.3. The lowest BCUT2D eigenvalue weighted by Gasteiger charge is -2.20. The van der Waals surface area contributed by atoms with E-state index in [9.17, 15) is 9.59 Å². The molecule has 4 heteroatoms. The van der Waals surface area contributed by atoms with Crippen LogP contribution in [-0.4, -0.2) is 18.4 Å². The second-order valence-electron chi connectivity index (χ2n) is 5.11. The first-order chi connectivity index (χ1) is 9.55. The van der Waals surface area contributed by atoms with E-state index in [1.165, 1.54) is 0 Å². The molecule has 2 amide bonds. The second kappa shape index (κ2) is 5.90. The Morgan fingerprint density at radius 3 is 2.90 bits per heavy atom. The zero-order valence-electron chi connectivity index (χ0n) is 12.0. The number of hydrogen-bond donors (Lipinski definition) is 1. The number of amides is 2. The van der Waals surface area contributed by atoms with Gasteiger partial charge in [-0.2, -0.15) is 0 Å². The van der Waals surface area contributed by atoms with Crippen LogP contribution in [0, 0.1) is 12.8 Å². The molecule has 1 aromatic rings. The Balaban J connectivity index is 2.27. The molecular weight excluding hydrogens is 252 g/mol. The van der Waals surface area contributed by atoms with E-state index in [4.69, 9.17) is 0 Å². The highest BCUT2D eigenvalue weighted by Crippen LogP contribution is 2.30. The number of aryl methyl sites for hydroxylation is 1. The SMILES string of the molecule is C=CC1CC(=O)N(c2cc(NC(=O)CC)ccc2C)C1. The van der Waals surface area contributed by atoms with Crippen molar-refractivity contribution in [2.24, 2.45) is 5.92 Å². The minimum Gasteiger partial charge on any atom is -0.326 e. The van der Waals surface area contributed by atoms with E-state index in [0.717, 1.165) is 16.9 Å². The maximum absolute atomic E-state index is 12.1. The van der Waals surface area contributed by atoms with E-state index in [1.54, 1.807) is 4.90 Å². The van der Waals surface area contributed by atoms with Crippen molar-refractivity contribution in [3.63, 3.8) is 0 Å². The van der Waals surface area contributed by atoms with Crippen LogP contribution in [0.3, 0.4) is 0 Å². The monoisotopic (exact) mass is 272 g/mol. The fourth-order valence-electron chi connectivity index (χ4n) is 2.35. The van der Waals surface area contributed by atoms with Gasteiger partial charge in [-0.05, 0) is 24.6 Å². The summed E-state index contributed by atoms with van der Waals surface area (Å²) in [5, 5.41) is 2.83. The van der Waals surface area contributed by atoms with Crippen LogP contribution < -0.4 is 10.2 Å². The minimum atomic E-state index is -0.0310. The number of nitrogens with zero attached hydrogens (tertiary/aromatic N) is 1. The molecule has 0 aromatic heterocycles. The van der Waals surface area contributed by atoms with E-state index in [-0.39, 0.29) is 17.7 Å². The van der Waals surface area contributed by atoms with Crippen LogP contribution >= 0.6 is 0 Å². The Morgan fingerprint density at radius 2 is 2.30 bits per heavy atom. The average molecular weight is 272 g/mol. The molecule has 1 unspecified atom stereocenters. The lowest BCUT2D eigenvalue weighted by Crippen LogP contribution is -2.25. The molecule has 1 aliphatic rings. The molecule has 0 spiro atoms. The Labute approximate surface area is 119 Å². The molecule has 1 saturated heterocycles. The fourth-order valence-corrected chi connectivity index (χ4v) is 2.35. The first-order valence-electron chi connectivity index (χ1n) is 6.88. The first kappa shape index (κ1) is 14.3. The van der Waals surface area contributed by atoms with Gasteiger partial charge in [0.1, 0.15) is 0 Å². The van der Waals surface area contributed by atoms with Crippen molar-refractivity contribution in [2.45, 2.75) is 26.7 Å². The molecule has 20 heavy (non-hydrogen) atoms. The van der Waals surface area contributed by atoms with Crippen molar-refractivity contribution < 1.29 is 9.59 Å². The van der Waals surface area contributed by atoms with Crippen LogP contribution in [0.4, 0.5) is 11.4 Å². The lowest BCUT2D eigenvalue weighted by atomic mass is 10.1. The highest BCUT2D eigenvalue weighted by Gasteiger charge is 2.29. The summed E-state index contributed by atoms with van der Waals surface area (Å²) < 4.78 is 0. The summed E-state index contributed by atoms with van der Waals surface area (Å²) in [6.45, 7) is 8.20. The molecule has 0 saturated carbocycles. The van der Waals surface area contributed by atoms with Gasteiger partial charge in [-0.1, -0.05) is 19.1 Å². The maximum Gasteiger partial charge on any atom is 0.227 e. The molecular formula is C16H20N2O2. The zero-order chi connectivity index (χ0) is 14.7. The largest absolute Gasteiger partial charge is 0.326 e. The third-order valence-electron chi connectivity index (χ3n) is 3.59. The van der Waals surface area contributed by atoms with Crippen LogP contribution in [0.1, 0.15) is 25.3 Å². The summed E-state index contributed by atoms with van der Waals surface area (Å²) in [6, 6.07) is 5.65. The average Bonchev–Trinajstić information content (AvgIpc) is 2.82. The summed E-state index contributed by atoms with van der Waals surface area (Å²) in [5.41, 5.74) is 2.62. The van der Waals surface area contributed by atoms with Gasteiger partial charge in [0.25, 0.3) is 0 Å². The quantitative estimate of drug-likeness (QED) is 0.857. The number of nitrogens with one attached hydrogen (secondary N) is 1. The van der Waals surface area contributed by atoms with Gasteiger partial charge in [0.2, 0.25) is 11.8 Å². The van der Waals surface area contributed by atoms with Gasteiger partial charge in [-0.15, -0.1) is 6.58 Å². The van der Waals surface area contributed by atoms with Crippen molar-refractivity contribution in [3.05, 3.63) is 36.4 Å². The molecule has 2 rings (SSSR count). The predicted molar refractivity (Wildman–Crippen MR) is 80.8 cm³/mol. The summed E-state index contributed by atoms with van der Waals surface area (Å²) in [6.07, 6.45) is 2.77. The number of carbonyl (C=O) groups excluding carboxylic acids is 2. The van der Waals surface area contributed by atoms with Gasteiger partial charge in [0.15, 0.2) is 0 Å². The maximum atomic E-state index is 12.1. The molecule has 1 aromatic carbocycles. The van der Waals surface area contributed by atoms with Gasteiger partial charge in [-0.25, -0.2) is 0 Å². The Morgan fingerprint density at radius 1 is 1.55 bits per heavy atom. The first-order valence-corrected chi connectivity index (χ1v) is 6.88. The highest BCUT2D eigenvalue weighted by molar-refractivity contribution is 5.98. The highest BCUT2D eigenvalue weighted by atomic mass is 16.2. The van der Waals surface area contributed by atoms with Crippen LogP contribution in [0.2, 0.25) is 0 Å². The van der Waals surface area contributed by atoms with Crippen molar-refractivity contribution in [1.82, 2.24) is 0 Å². The summed E-state index contributed by atoms with van der Waals surface area (Å²) >= 11 is 0. The van der Waals surface area contributed by atoms with E-state index >= 15 is 0 Å². The Bertz CT molecular complexity index is 551. The van der Waals surface area contributed by atoms with Gasteiger partial charge in [0, 0.05) is 36.7 Å². The minimum absolute atomic E-state index is 0.0310. The number of benzene rings is 1. The third-order valence-corrected chi connectivity index (χ3v) is 3.59. The molecule has 1 N–H and O–H groups in total. The van der Waals surface area contributed by atoms with Crippen molar-refractivity contribution in [1.29, 1.82) is 0 Å². The van der Waals surface area contributed by atoms with E-state index < -0.39 is 0 Å². The van der Waals surface area contributed by atoms with Gasteiger partial charge in [0.05, 0.1) is 0 Å². The number of hydrogen-bond acceptors (Lipinski definition) is 2. The second-order valence-corrected chi connectivity index (χ2v) is 5.11. The van der Waals surface area contributed by atoms with E-state index in [1.807, 2.05) is 38.1 Å². The predicted octanol–water partition coefficient (Wildman–Crippen LogP) is 2.88. The van der Waals surface area contributed by atoms with Crippen LogP contribution in [-0.2, 0) is 9.59 Å². The molecule has 1 aliphatic heterocycles. The number of rotatable bonds is 4. The standard InChI is InChI=1S/C16H20N2O2/c1-4-12-8-16(20)18(10-12)14-9-13(7-6-11(14)3)17-15(19)5-2/h4,6-7,9,12H,1,5,8,10H2,2-3H3,(H,17,19). The lowest BCUT2D eigenvalue weighted by molar-refractivity contribution is -0.117. The van der Waals surface area contributed by atoms with Crippen LogP contribution in [0.15, 0.2) is 30.9 Å². The van der Waals surface area contributed by atoms with Crippen LogP contribution in [0.25, 0.3) is 0 Å². The van der Waals surface area contributed by atoms with Crippen LogP contribution in [0.5, 0.6) is 0 Å². The van der Waals surface area contributed by atoms with E-state index in [0.29, 0.717) is 19.4 Å². The van der Waals surface area contributed by atoms with Crippen molar-refractivity contribution in [2.75, 3.05) is 16.8 Å². The van der Waals surface area contributed by atoms with Crippen molar-refractivity contribution in [3.8, 4) is 0 Å². The summed E-state index contributed by atoms with van der Waals surface area (Å²) in [5.74, 6) is 0.282. The molecule has 1 atom stereocenters. The summed E-state index contributed by atoms with van der Waals surface area (Å²) in [7, 11) is 0. The fraction of sp³-hybridized carbons (Fsp3) is 0.375. The smallest absolute Gasteiger partial charge is 0.227 e. The molecule has 1 heterocycles. The molecule has 0 radical (unpaired) electrons. The Kier molecular flexibility index (Phi) is 4.23. The number of carbonyl (C=O) groups is 2. The normalized spacial score (nSPS) is 18.2. The molecule has 0 bridgehead atoms. The van der Waals surface area contributed by atoms with Gasteiger partial charge in [-0.3, -0.25) is 9.59 Å².